The first-order chi connectivity index (χ1) is 6.70. The molecule has 1 fully saturated rings. The summed E-state index contributed by atoms with van der Waals surface area (Å²) < 4.78 is 10.6. The lowest BCUT2D eigenvalue weighted by Gasteiger charge is -2.24. The summed E-state index contributed by atoms with van der Waals surface area (Å²) in [5.74, 6) is 0. The van der Waals surface area contributed by atoms with Crippen LogP contribution in [0.5, 0.6) is 0 Å². The average molecular weight is 202 g/mol. The third-order valence-electron chi connectivity index (χ3n) is 2.83. The first-order valence-electron chi connectivity index (χ1n) is 5.26. The van der Waals surface area contributed by atoms with E-state index in [0.29, 0.717) is 6.54 Å². The van der Waals surface area contributed by atoms with Gasteiger partial charge >= 0.3 is 0 Å². The minimum Gasteiger partial charge on any atom is -0.380 e. The third-order valence-corrected chi connectivity index (χ3v) is 2.83. The number of hydrogen-bond acceptors (Lipinski definition) is 4. The molecule has 3 N–H and O–H groups in total. The monoisotopic (exact) mass is 202 g/mol. The first-order valence-corrected chi connectivity index (χ1v) is 5.26. The van der Waals surface area contributed by atoms with Gasteiger partial charge in [-0.3, -0.25) is 0 Å². The van der Waals surface area contributed by atoms with Gasteiger partial charge in [0.05, 0.1) is 12.7 Å². The second-order valence-corrected chi connectivity index (χ2v) is 4.17. The number of hydrogen-bond donors (Lipinski definition) is 2. The van der Waals surface area contributed by atoms with Crippen LogP contribution in [-0.4, -0.2) is 45.1 Å². The van der Waals surface area contributed by atoms with Crippen molar-refractivity contribution >= 4 is 0 Å². The lowest BCUT2D eigenvalue weighted by atomic mass is 10.0. The smallest absolute Gasteiger partial charge is 0.0705 e. The van der Waals surface area contributed by atoms with Gasteiger partial charge in [-0.15, -0.1) is 0 Å². The Morgan fingerprint density at radius 2 is 2.43 bits per heavy atom. The first kappa shape index (κ1) is 11.9. The van der Waals surface area contributed by atoms with Crippen LogP contribution in [0.25, 0.3) is 0 Å². The summed E-state index contributed by atoms with van der Waals surface area (Å²) >= 11 is 0. The van der Waals surface area contributed by atoms with Gasteiger partial charge in [-0.05, 0) is 26.3 Å². The Morgan fingerprint density at radius 3 is 2.93 bits per heavy atom. The van der Waals surface area contributed by atoms with Crippen molar-refractivity contribution in [3.05, 3.63) is 0 Å². The number of methoxy groups -OCH3 is 1. The Hall–Kier alpha value is -0.160. The van der Waals surface area contributed by atoms with Crippen molar-refractivity contribution in [3.8, 4) is 0 Å². The molecule has 0 amide bonds. The summed E-state index contributed by atoms with van der Waals surface area (Å²) in [5, 5.41) is 3.50. The number of ether oxygens (including phenoxy) is 2. The predicted octanol–water partition coefficient (Wildman–Crippen LogP) is 0.119. The molecule has 1 aliphatic rings. The van der Waals surface area contributed by atoms with Gasteiger partial charge in [-0.1, -0.05) is 0 Å². The van der Waals surface area contributed by atoms with Crippen LogP contribution >= 0.6 is 0 Å². The zero-order chi connectivity index (χ0) is 10.4. The van der Waals surface area contributed by atoms with Crippen molar-refractivity contribution in [1.29, 1.82) is 0 Å². The maximum absolute atomic E-state index is 5.53. The summed E-state index contributed by atoms with van der Waals surface area (Å²) in [4.78, 5) is 0. The van der Waals surface area contributed by atoms with Crippen LogP contribution in [-0.2, 0) is 9.47 Å². The minimum atomic E-state index is 0.160. The molecule has 1 heterocycles. The van der Waals surface area contributed by atoms with Crippen LogP contribution < -0.4 is 11.1 Å². The molecule has 14 heavy (non-hydrogen) atoms. The molecular formula is C10H22N2O2. The molecule has 0 aliphatic carbocycles. The molecule has 2 unspecified atom stereocenters. The molecule has 1 rings (SSSR count). The summed E-state index contributed by atoms with van der Waals surface area (Å²) in [6.45, 7) is 5.41. The third kappa shape index (κ3) is 3.53. The fraction of sp³-hybridized carbons (Fsp3) is 1.00. The standard InChI is InChI=1S/C10H22N2O2/c1-10(4-6-14-8-10)12-5-3-9(7-11)13-2/h9,12H,3-8,11H2,1-2H3. The zero-order valence-corrected chi connectivity index (χ0v) is 9.21. The average Bonchev–Trinajstić information content (AvgIpc) is 2.60. The lowest BCUT2D eigenvalue weighted by molar-refractivity contribution is 0.0986. The van der Waals surface area contributed by atoms with E-state index in [1.54, 1.807) is 7.11 Å². The van der Waals surface area contributed by atoms with Crippen molar-refractivity contribution < 1.29 is 9.47 Å². The predicted molar refractivity (Wildman–Crippen MR) is 56.3 cm³/mol. The molecule has 2 atom stereocenters. The van der Waals surface area contributed by atoms with Gasteiger partial charge in [0, 0.05) is 25.8 Å². The summed E-state index contributed by atoms with van der Waals surface area (Å²) in [6, 6.07) is 0. The van der Waals surface area contributed by atoms with Crippen molar-refractivity contribution in [2.75, 3.05) is 33.4 Å². The molecule has 1 saturated heterocycles. The Bertz CT molecular complexity index is 154. The second-order valence-electron chi connectivity index (χ2n) is 4.17. The van der Waals surface area contributed by atoms with E-state index in [9.17, 15) is 0 Å². The van der Waals surface area contributed by atoms with Gasteiger partial charge in [0.2, 0.25) is 0 Å². The van der Waals surface area contributed by atoms with Gasteiger partial charge < -0.3 is 20.5 Å². The van der Waals surface area contributed by atoms with E-state index in [-0.39, 0.29) is 11.6 Å². The van der Waals surface area contributed by atoms with E-state index >= 15 is 0 Å². The minimum absolute atomic E-state index is 0.160. The second kappa shape index (κ2) is 5.66. The largest absolute Gasteiger partial charge is 0.380 e. The van der Waals surface area contributed by atoms with Crippen molar-refractivity contribution in [3.63, 3.8) is 0 Å². The number of nitrogens with two attached hydrogens (primary N) is 1. The zero-order valence-electron chi connectivity index (χ0n) is 9.21. The van der Waals surface area contributed by atoms with Crippen molar-refractivity contribution in [2.45, 2.75) is 31.4 Å². The van der Waals surface area contributed by atoms with Crippen LogP contribution in [0.2, 0.25) is 0 Å². The molecular weight excluding hydrogens is 180 g/mol. The Morgan fingerprint density at radius 1 is 1.64 bits per heavy atom. The maximum atomic E-state index is 5.53. The van der Waals surface area contributed by atoms with E-state index in [4.69, 9.17) is 15.2 Å². The molecule has 1 aliphatic heterocycles. The highest BCUT2D eigenvalue weighted by Gasteiger charge is 2.28. The molecule has 0 bridgehead atoms. The molecule has 0 aromatic rings. The van der Waals surface area contributed by atoms with Crippen LogP contribution in [0.3, 0.4) is 0 Å². The Kier molecular flexibility index (Phi) is 4.81. The quantitative estimate of drug-likeness (QED) is 0.642. The van der Waals surface area contributed by atoms with Crippen LogP contribution in [0.4, 0.5) is 0 Å². The van der Waals surface area contributed by atoms with E-state index in [0.717, 1.165) is 32.6 Å². The summed E-state index contributed by atoms with van der Waals surface area (Å²) in [5.41, 5.74) is 5.69. The number of rotatable bonds is 6. The van der Waals surface area contributed by atoms with Crippen molar-refractivity contribution in [2.24, 2.45) is 5.73 Å². The highest BCUT2D eigenvalue weighted by atomic mass is 16.5. The molecule has 4 nitrogen and oxygen atoms in total. The van der Waals surface area contributed by atoms with Gasteiger partial charge in [0.25, 0.3) is 0 Å². The van der Waals surface area contributed by atoms with Crippen molar-refractivity contribution in [1.82, 2.24) is 5.32 Å². The molecule has 0 spiro atoms. The molecule has 84 valence electrons. The molecule has 0 saturated carbocycles. The highest BCUT2D eigenvalue weighted by Crippen LogP contribution is 2.17. The van der Waals surface area contributed by atoms with E-state index < -0.39 is 0 Å². The van der Waals surface area contributed by atoms with Crippen LogP contribution in [0.15, 0.2) is 0 Å². The van der Waals surface area contributed by atoms with Crippen LogP contribution in [0.1, 0.15) is 19.8 Å². The fourth-order valence-electron chi connectivity index (χ4n) is 1.67. The topological polar surface area (TPSA) is 56.5 Å². The van der Waals surface area contributed by atoms with Gasteiger partial charge in [0.15, 0.2) is 0 Å². The molecule has 0 aromatic carbocycles. The van der Waals surface area contributed by atoms with E-state index in [2.05, 4.69) is 12.2 Å². The van der Waals surface area contributed by atoms with Gasteiger partial charge in [-0.25, -0.2) is 0 Å². The lowest BCUT2D eigenvalue weighted by Crippen LogP contribution is -2.44. The number of nitrogens with one attached hydrogen (secondary N) is 1. The van der Waals surface area contributed by atoms with Gasteiger partial charge in [-0.2, -0.15) is 0 Å². The molecule has 4 heteroatoms. The van der Waals surface area contributed by atoms with E-state index in [1.807, 2.05) is 0 Å². The Balaban J connectivity index is 2.13. The molecule has 0 radical (unpaired) electrons. The van der Waals surface area contributed by atoms with Crippen LogP contribution in [0, 0.1) is 0 Å². The normalized spacial score (nSPS) is 29.4. The highest BCUT2D eigenvalue weighted by molar-refractivity contribution is 4.86. The summed E-state index contributed by atoms with van der Waals surface area (Å²) in [7, 11) is 1.71. The van der Waals surface area contributed by atoms with E-state index in [1.165, 1.54) is 0 Å². The Labute approximate surface area is 86.1 Å². The fourth-order valence-corrected chi connectivity index (χ4v) is 1.67. The molecule has 0 aromatic heterocycles. The maximum Gasteiger partial charge on any atom is 0.0705 e. The SMILES string of the molecule is COC(CN)CCNC1(C)CCOC1. The van der Waals surface area contributed by atoms with Gasteiger partial charge in [0.1, 0.15) is 0 Å². The summed E-state index contributed by atoms with van der Waals surface area (Å²) in [6.07, 6.45) is 2.23.